The first-order chi connectivity index (χ1) is 8.45. The zero-order valence-corrected chi connectivity index (χ0v) is 13.0. The average Bonchev–Trinajstić information content (AvgIpc) is 2.32. The van der Waals surface area contributed by atoms with Crippen LogP contribution < -0.4 is 5.32 Å². The van der Waals surface area contributed by atoms with E-state index >= 15 is 0 Å². The second-order valence-electron chi connectivity index (χ2n) is 5.46. The van der Waals surface area contributed by atoms with Gasteiger partial charge in [0.2, 0.25) is 0 Å². The summed E-state index contributed by atoms with van der Waals surface area (Å²) in [6.07, 6.45) is 1.41. The molecule has 1 aliphatic rings. The molecule has 1 N–H and O–H groups in total. The highest BCUT2D eigenvalue weighted by Gasteiger charge is 2.48. The van der Waals surface area contributed by atoms with Crippen LogP contribution in [0, 0.1) is 12.3 Å². The van der Waals surface area contributed by atoms with E-state index in [-0.39, 0.29) is 5.41 Å². The van der Waals surface area contributed by atoms with Crippen molar-refractivity contribution in [3.05, 3.63) is 22.3 Å². The molecule has 1 heterocycles. The van der Waals surface area contributed by atoms with Gasteiger partial charge in [0.15, 0.2) is 0 Å². The maximum atomic E-state index is 5.74. The topological polar surface area (TPSA) is 34.1 Å². The first-order valence-corrected chi connectivity index (χ1v) is 7.25. The molecule has 1 saturated carbocycles. The molecular weight excluding hydrogens is 292 g/mol. The lowest BCUT2D eigenvalue weighted by Gasteiger charge is -2.51. The van der Waals surface area contributed by atoms with Crippen molar-refractivity contribution in [2.75, 3.05) is 11.9 Å². The number of rotatable bonds is 4. The molecule has 0 aromatic carbocycles. The Labute approximate surface area is 117 Å². The minimum Gasteiger partial charge on any atom is -0.378 e. The van der Waals surface area contributed by atoms with Gasteiger partial charge in [-0.3, -0.25) is 0 Å². The zero-order valence-electron chi connectivity index (χ0n) is 11.5. The highest BCUT2D eigenvalue weighted by Crippen LogP contribution is 2.44. The van der Waals surface area contributed by atoms with Crippen LogP contribution in [0.15, 0.2) is 16.6 Å². The van der Waals surface area contributed by atoms with Crippen molar-refractivity contribution in [1.82, 2.24) is 4.98 Å². The van der Waals surface area contributed by atoms with E-state index in [0.717, 1.165) is 29.0 Å². The summed E-state index contributed by atoms with van der Waals surface area (Å²) < 4.78 is 6.79. The lowest BCUT2D eigenvalue weighted by molar-refractivity contribution is -0.0976. The number of hydrogen-bond donors (Lipinski definition) is 1. The molecule has 100 valence electrons. The molecule has 1 fully saturated rings. The molecule has 2 unspecified atom stereocenters. The summed E-state index contributed by atoms with van der Waals surface area (Å²) in [7, 11) is 0. The lowest BCUT2D eigenvalue weighted by Crippen LogP contribution is -2.58. The third kappa shape index (κ3) is 2.54. The van der Waals surface area contributed by atoms with E-state index in [4.69, 9.17) is 4.74 Å². The number of hydrogen-bond acceptors (Lipinski definition) is 3. The number of ether oxygens (including phenoxy) is 1. The minimum atomic E-state index is 0.165. The summed E-state index contributed by atoms with van der Waals surface area (Å²) in [6, 6.07) is 4.49. The molecule has 2 atom stereocenters. The Kier molecular flexibility index (Phi) is 3.97. The fourth-order valence-corrected chi connectivity index (χ4v) is 2.64. The van der Waals surface area contributed by atoms with Gasteiger partial charge in [0.1, 0.15) is 5.82 Å². The third-order valence-corrected chi connectivity index (χ3v) is 4.73. The van der Waals surface area contributed by atoms with Crippen molar-refractivity contribution < 1.29 is 4.74 Å². The molecule has 1 aromatic heterocycles. The van der Waals surface area contributed by atoms with Gasteiger partial charge in [-0.15, -0.1) is 0 Å². The predicted octanol–water partition coefficient (Wildman–Crippen LogP) is 3.77. The first kappa shape index (κ1) is 13.8. The van der Waals surface area contributed by atoms with Crippen molar-refractivity contribution in [2.45, 2.75) is 46.3 Å². The van der Waals surface area contributed by atoms with Gasteiger partial charge in [0, 0.05) is 22.5 Å². The van der Waals surface area contributed by atoms with Crippen LogP contribution in [0.3, 0.4) is 0 Å². The maximum absolute atomic E-state index is 5.74. The predicted molar refractivity (Wildman–Crippen MR) is 77.9 cm³/mol. The Morgan fingerprint density at radius 1 is 1.50 bits per heavy atom. The van der Waals surface area contributed by atoms with Gasteiger partial charge in [-0.25, -0.2) is 4.98 Å². The lowest BCUT2D eigenvalue weighted by atomic mass is 9.64. The smallest absolute Gasteiger partial charge is 0.126 e. The molecule has 0 bridgehead atoms. The van der Waals surface area contributed by atoms with Crippen LogP contribution >= 0.6 is 15.9 Å². The second-order valence-corrected chi connectivity index (χ2v) is 6.32. The van der Waals surface area contributed by atoms with E-state index in [1.54, 1.807) is 0 Å². The zero-order chi connectivity index (χ0) is 13.3. The number of pyridine rings is 1. The van der Waals surface area contributed by atoms with Crippen LogP contribution in [-0.2, 0) is 4.74 Å². The van der Waals surface area contributed by atoms with E-state index in [1.807, 2.05) is 19.1 Å². The molecule has 0 aliphatic heterocycles. The molecule has 0 saturated heterocycles. The Hall–Kier alpha value is -0.610. The van der Waals surface area contributed by atoms with Crippen LogP contribution in [0.25, 0.3) is 0 Å². The van der Waals surface area contributed by atoms with Crippen LogP contribution in [0.1, 0.15) is 32.9 Å². The van der Waals surface area contributed by atoms with Gasteiger partial charge in [0.05, 0.1) is 11.8 Å². The average molecular weight is 313 g/mol. The Balaban J connectivity index is 2.01. The number of nitrogens with one attached hydrogen (secondary N) is 1. The van der Waals surface area contributed by atoms with E-state index < -0.39 is 0 Å². The SMILES string of the molecule is CCOC1CC(Nc2ccc(Br)c(C)n2)C1(C)C. The Bertz CT molecular complexity index is 434. The molecule has 0 radical (unpaired) electrons. The third-order valence-electron chi connectivity index (χ3n) is 3.89. The molecule has 0 amide bonds. The quantitative estimate of drug-likeness (QED) is 0.919. The summed E-state index contributed by atoms with van der Waals surface area (Å²) in [5.74, 6) is 0.948. The standard InChI is InChI=1S/C14H21BrN2O/c1-5-18-12-8-11(14(12,3)4)17-13-7-6-10(15)9(2)16-13/h6-7,11-12H,5,8H2,1-4H3,(H,16,17). The van der Waals surface area contributed by atoms with Gasteiger partial charge >= 0.3 is 0 Å². The Morgan fingerprint density at radius 3 is 2.78 bits per heavy atom. The van der Waals surface area contributed by atoms with Crippen LogP contribution in [0.5, 0.6) is 0 Å². The summed E-state index contributed by atoms with van der Waals surface area (Å²) >= 11 is 3.47. The van der Waals surface area contributed by atoms with Crippen molar-refractivity contribution in [2.24, 2.45) is 5.41 Å². The highest BCUT2D eigenvalue weighted by molar-refractivity contribution is 9.10. The van der Waals surface area contributed by atoms with Crippen LogP contribution in [0.4, 0.5) is 5.82 Å². The summed E-state index contributed by atoms with van der Waals surface area (Å²) in [5, 5.41) is 3.51. The van der Waals surface area contributed by atoms with Gasteiger partial charge in [-0.2, -0.15) is 0 Å². The van der Waals surface area contributed by atoms with E-state index in [1.165, 1.54) is 0 Å². The number of halogens is 1. The molecule has 2 rings (SSSR count). The fraction of sp³-hybridized carbons (Fsp3) is 0.643. The van der Waals surface area contributed by atoms with Crippen molar-refractivity contribution >= 4 is 21.7 Å². The molecule has 3 nitrogen and oxygen atoms in total. The number of nitrogens with zero attached hydrogens (tertiary/aromatic N) is 1. The fourth-order valence-electron chi connectivity index (χ4n) is 2.42. The van der Waals surface area contributed by atoms with Crippen LogP contribution in [-0.4, -0.2) is 23.7 Å². The molecule has 1 aliphatic carbocycles. The second kappa shape index (κ2) is 5.17. The van der Waals surface area contributed by atoms with Gasteiger partial charge < -0.3 is 10.1 Å². The Morgan fingerprint density at radius 2 is 2.22 bits per heavy atom. The largest absolute Gasteiger partial charge is 0.378 e. The van der Waals surface area contributed by atoms with Crippen LogP contribution in [0.2, 0.25) is 0 Å². The normalized spacial score (nSPS) is 25.6. The first-order valence-electron chi connectivity index (χ1n) is 6.46. The monoisotopic (exact) mass is 312 g/mol. The van der Waals surface area contributed by atoms with Gasteiger partial charge in [-0.1, -0.05) is 13.8 Å². The molecular formula is C14H21BrN2O. The maximum Gasteiger partial charge on any atom is 0.126 e. The molecule has 4 heteroatoms. The minimum absolute atomic E-state index is 0.165. The van der Waals surface area contributed by atoms with Gasteiger partial charge in [-0.05, 0) is 48.3 Å². The van der Waals surface area contributed by atoms with Gasteiger partial charge in [0.25, 0.3) is 0 Å². The van der Waals surface area contributed by atoms with E-state index in [2.05, 4.69) is 47.0 Å². The molecule has 18 heavy (non-hydrogen) atoms. The molecule has 0 spiro atoms. The van der Waals surface area contributed by atoms with Crippen molar-refractivity contribution in [3.63, 3.8) is 0 Å². The van der Waals surface area contributed by atoms with Crippen molar-refractivity contribution in [1.29, 1.82) is 0 Å². The van der Waals surface area contributed by atoms with E-state index in [9.17, 15) is 0 Å². The summed E-state index contributed by atoms with van der Waals surface area (Å²) in [6.45, 7) is 9.34. The summed E-state index contributed by atoms with van der Waals surface area (Å²) in [5.41, 5.74) is 1.18. The number of anilines is 1. The highest BCUT2D eigenvalue weighted by atomic mass is 79.9. The number of aryl methyl sites for hydroxylation is 1. The molecule has 1 aromatic rings. The summed E-state index contributed by atoms with van der Waals surface area (Å²) in [4.78, 5) is 4.53. The van der Waals surface area contributed by atoms with E-state index in [0.29, 0.717) is 12.1 Å². The van der Waals surface area contributed by atoms with Crippen molar-refractivity contribution in [3.8, 4) is 0 Å². The number of aromatic nitrogens is 1.